The smallest absolute Gasteiger partial charge is 0.187 e. The predicted molar refractivity (Wildman–Crippen MR) is 325 cm³/mol. The van der Waals surface area contributed by atoms with Gasteiger partial charge in [0, 0.05) is 32.8 Å². The number of nitrogens with zero attached hydrogens (tertiary/aromatic N) is 8. The molecule has 0 N–H and O–H groups in total. The van der Waals surface area contributed by atoms with E-state index in [1.165, 1.54) is 0 Å². The molecule has 8 nitrogen and oxygen atoms in total. The Kier molecular flexibility index (Phi) is 11.9. The van der Waals surface area contributed by atoms with Crippen LogP contribution in [0.4, 0.5) is 17.1 Å². The first kappa shape index (κ1) is 48.6. The summed E-state index contributed by atoms with van der Waals surface area (Å²) < 4.78 is 4.55. The third-order valence-corrected chi connectivity index (χ3v) is 15.3. The average Bonchev–Trinajstić information content (AvgIpc) is 4.21. The molecule has 0 aliphatic rings. The Morgan fingerprint density at radius 2 is 0.716 bits per heavy atom. The maximum atomic E-state index is 10.8. The van der Waals surface area contributed by atoms with Gasteiger partial charge in [0.1, 0.15) is 0 Å². The fourth-order valence-corrected chi connectivity index (χ4v) is 11.5. The largest absolute Gasteiger partial charge is 0.309 e. The maximum absolute atomic E-state index is 10.8. The zero-order valence-corrected chi connectivity index (χ0v) is 43.4. The van der Waals surface area contributed by atoms with Gasteiger partial charge in [0.15, 0.2) is 17.1 Å². The third kappa shape index (κ3) is 8.46. The number of benzene rings is 11. The van der Waals surface area contributed by atoms with Crippen LogP contribution in [0.5, 0.6) is 0 Å². The first-order valence-electron chi connectivity index (χ1n) is 26.1. The minimum absolute atomic E-state index is 0.477. The van der Waals surface area contributed by atoms with Crippen LogP contribution < -0.4 is 0 Å². The van der Waals surface area contributed by atoms with Gasteiger partial charge in [0.2, 0.25) is 0 Å². The van der Waals surface area contributed by atoms with Crippen molar-refractivity contribution >= 4 is 60.7 Å². The van der Waals surface area contributed by atoms with Gasteiger partial charge in [-0.05, 0) is 195 Å². The highest BCUT2D eigenvalue weighted by Crippen LogP contribution is 2.45. The van der Waals surface area contributed by atoms with Gasteiger partial charge in [-0.15, -0.1) is 0 Å². The second kappa shape index (κ2) is 19.8. The summed E-state index contributed by atoms with van der Waals surface area (Å²) in [7, 11) is 0. The number of rotatable bonds is 8. The van der Waals surface area contributed by atoms with Gasteiger partial charge >= 0.3 is 0 Å². The minimum Gasteiger partial charge on any atom is -0.309 e. The second-order valence-corrected chi connectivity index (χ2v) is 20.0. The molecule has 81 heavy (non-hydrogen) atoms. The van der Waals surface area contributed by atoms with Gasteiger partial charge in [-0.2, -0.15) is 15.8 Å². The summed E-state index contributed by atoms with van der Waals surface area (Å²) in [6.45, 7) is 25.3. The van der Waals surface area contributed by atoms with Crippen molar-refractivity contribution in [3.05, 3.63) is 281 Å². The Bertz CT molecular complexity index is 4870. The summed E-state index contributed by atoms with van der Waals surface area (Å²) in [4.78, 5) is 11.2. The summed E-state index contributed by atoms with van der Waals surface area (Å²) >= 11 is 0. The topological polar surface area (TPSA) is 94.3 Å². The SMILES string of the molecule is [C-]#[N+]c1cccc(-c2ccc3c(c2)c2cc(-c4cccc([N+]#[C-])c4)ccc2n3-c2ccc(-c3ccc(C#N)cc3C)c(-c3cc(C#N)ccc3-n3c4ccc(-c5cccc(C#N)c5)cc4c4cc(-c5cccc([N+]#[C-])c5)ccc43)c2)c1. The Hall–Kier alpha value is -12.0. The van der Waals surface area contributed by atoms with Gasteiger partial charge in [-0.3, -0.25) is 0 Å². The van der Waals surface area contributed by atoms with E-state index >= 15 is 0 Å². The Morgan fingerprint density at radius 1 is 0.321 bits per heavy atom. The van der Waals surface area contributed by atoms with Crippen LogP contribution in [0.15, 0.2) is 224 Å². The monoisotopic (exact) mass is 1030 g/mol. The first-order chi connectivity index (χ1) is 39.7. The van der Waals surface area contributed by atoms with Crippen LogP contribution in [0.1, 0.15) is 22.3 Å². The molecule has 13 rings (SSSR count). The first-order valence-corrected chi connectivity index (χ1v) is 26.1. The average molecular weight is 1030 g/mol. The fraction of sp³-hybridized carbons (Fsp3) is 0.0137. The quantitative estimate of drug-likeness (QED) is 0.142. The number of fused-ring (bicyclic) bond motifs is 6. The predicted octanol–water partition coefficient (Wildman–Crippen LogP) is 19.5. The molecule has 0 amide bonds. The number of nitriles is 3. The molecule has 0 aliphatic heterocycles. The highest BCUT2D eigenvalue weighted by atomic mass is 15.0. The zero-order chi connectivity index (χ0) is 55.3. The summed E-state index contributed by atoms with van der Waals surface area (Å²) in [5.41, 5.74) is 20.7. The van der Waals surface area contributed by atoms with Gasteiger partial charge in [-0.25, -0.2) is 14.5 Å². The molecule has 0 radical (unpaired) electrons. The molecular formula is C73H40N8. The highest BCUT2D eigenvalue weighted by Gasteiger charge is 2.23. The highest BCUT2D eigenvalue weighted by molar-refractivity contribution is 6.14. The molecule has 2 heterocycles. The van der Waals surface area contributed by atoms with Crippen LogP contribution >= 0.6 is 0 Å². The van der Waals surface area contributed by atoms with Gasteiger partial charge in [0.25, 0.3) is 0 Å². The van der Waals surface area contributed by atoms with E-state index in [0.29, 0.717) is 33.8 Å². The number of aryl methyl sites for hydroxylation is 1. The molecule has 0 saturated carbocycles. The van der Waals surface area contributed by atoms with Gasteiger partial charge in [-0.1, -0.05) is 103 Å². The van der Waals surface area contributed by atoms with Crippen molar-refractivity contribution in [1.82, 2.24) is 9.13 Å². The molecule has 8 heteroatoms. The van der Waals surface area contributed by atoms with Crippen molar-refractivity contribution in [2.24, 2.45) is 0 Å². The Labute approximate surface area is 467 Å². The number of aromatic nitrogens is 2. The van der Waals surface area contributed by atoms with E-state index in [0.717, 1.165) is 127 Å². The van der Waals surface area contributed by atoms with Gasteiger partial charge in [0.05, 0.1) is 82.4 Å². The van der Waals surface area contributed by atoms with Crippen molar-refractivity contribution in [2.45, 2.75) is 6.92 Å². The third-order valence-electron chi connectivity index (χ3n) is 15.3. The second-order valence-electron chi connectivity index (χ2n) is 20.0. The normalized spacial score (nSPS) is 11.0. The molecule has 0 aliphatic carbocycles. The van der Waals surface area contributed by atoms with Crippen molar-refractivity contribution in [3.63, 3.8) is 0 Å². The van der Waals surface area contributed by atoms with Crippen LogP contribution in [0, 0.1) is 60.6 Å². The van der Waals surface area contributed by atoms with Crippen LogP contribution in [-0.4, -0.2) is 9.13 Å². The van der Waals surface area contributed by atoms with E-state index in [2.05, 4.69) is 133 Å². The molecule has 0 unspecified atom stereocenters. The van der Waals surface area contributed by atoms with E-state index in [9.17, 15) is 15.8 Å². The van der Waals surface area contributed by atoms with Crippen molar-refractivity contribution < 1.29 is 0 Å². The molecule has 13 aromatic rings. The maximum Gasteiger partial charge on any atom is 0.187 e. The molecule has 0 fully saturated rings. The summed E-state index contributed by atoms with van der Waals surface area (Å²) in [6.07, 6.45) is 0. The molecule has 372 valence electrons. The lowest BCUT2D eigenvalue weighted by molar-refractivity contribution is 1.17. The number of hydrogen-bond acceptors (Lipinski definition) is 3. The lowest BCUT2D eigenvalue weighted by atomic mass is 9.89. The summed E-state index contributed by atoms with van der Waals surface area (Å²) in [6, 6.07) is 81.5. The summed E-state index contributed by atoms with van der Waals surface area (Å²) in [5, 5.41) is 34.6. The van der Waals surface area contributed by atoms with Crippen LogP contribution in [0.25, 0.3) is 136 Å². The van der Waals surface area contributed by atoms with Crippen LogP contribution in [-0.2, 0) is 0 Å². The van der Waals surface area contributed by atoms with E-state index < -0.39 is 0 Å². The zero-order valence-electron chi connectivity index (χ0n) is 43.4. The molecule has 0 bridgehead atoms. The molecule has 0 saturated heterocycles. The van der Waals surface area contributed by atoms with E-state index in [4.69, 9.17) is 19.7 Å². The molecule has 0 atom stereocenters. The van der Waals surface area contributed by atoms with Crippen LogP contribution in [0.3, 0.4) is 0 Å². The fourth-order valence-electron chi connectivity index (χ4n) is 11.5. The van der Waals surface area contributed by atoms with E-state index in [1.807, 2.05) is 134 Å². The lowest BCUT2D eigenvalue weighted by Crippen LogP contribution is -2.01. The van der Waals surface area contributed by atoms with Gasteiger partial charge < -0.3 is 9.13 Å². The Morgan fingerprint density at radius 3 is 1.17 bits per heavy atom. The Balaban J connectivity index is 1.09. The van der Waals surface area contributed by atoms with Crippen molar-refractivity contribution in [3.8, 4) is 96.3 Å². The van der Waals surface area contributed by atoms with Crippen LogP contribution in [0.2, 0.25) is 0 Å². The standard InChI is InChI=1S/C73H40N8/c1-45-31-47(43-75)17-24-61(45)62-25-23-60(80-69-27-19-54(50-11-6-14-57(34-50)77-2)38-65(69)66-39-55(20-28-70(66)80)51-12-7-15-58(35-51)78-3)41-63(62)64-33-48(44-76)18-26-71(64)81-72-29-21-53(49-10-5-9-46(32-49)42-74)37-67(72)68-40-56(22-30-73(68)81)52-13-8-16-59(36-52)79-4/h5-41H,1H3. The minimum atomic E-state index is 0.477. The van der Waals surface area contributed by atoms with Crippen molar-refractivity contribution in [1.29, 1.82) is 15.8 Å². The lowest BCUT2D eigenvalue weighted by Gasteiger charge is -2.20. The molecule has 11 aromatic carbocycles. The van der Waals surface area contributed by atoms with E-state index in [-0.39, 0.29) is 0 Å². The molecular weight excluding hydrogens is 989 g/mol. The van der Waals surface area contributed by atoms with Crippen molar-refractivity contribution in [2.75, 3.05) is 0 Å². The summed E-state index contributed by atoms with van der Waals surface area (Å²) in [5.74, 6) is 0. The molecule has 0 spiro atoms. The number of hydrogen-bond donors (Lipinski definition) is 0. The molecule has 2 aromatic heterocycles. The van der Waals surface area contributed by atoms with E-state index in [1.54, 1.807) is 6.07 Å².